The first-order valence-electron chi connectivity index (χ1n) is 6.17. The van der Waals surface area contributed by atoms with Crippen LogP contribution in [0.1, 0.15) is 13.8 Å². The maximum Gasteiger partial charge on any atom is 0.238 e. The number of benzene rings is 1. The summed E-state index contributed by atoms with van der Waals surface area (Å²) in [5.41, 5.74) is 0.452. The second kappa shape index (κ2) is 7.23. The summed E-state index contributed by atoms with van der Waals surface area (Å²) in [5.74, 6) is -0.591. The molecule has 10 heteroatoms. The number of hydrogen-bond acceptors (Lipinski definition) is 4. The van der Waals surface area contributed by atoms with Crippen LogP contribution in [0.4, 0.5) is 5.69 Å². The van der Waals surface area contributed by atoms with Crippen LogP contribution in [0.25, 0.3) is 0 Å². The summed E-state index contributed by atoms with van der Waals surface area (Å²) in [5, 5.41) is 10.4. The third kappa shape index (κ3) is 5.81. The summed E-state index contributed by atoms with van der Waals surface area (Å²) >= 11 is 17.5. The largest absolute Gasteiger partial charge is 0.362 e. The van der Waals surface area contributed by atoms with E-state index in [-0.39, 0.29) is 16.7 Å². The molecule has 4 N–H and O–H groups in total. The smallest absolute Gasteiger partial charge is 0.238 e. The monoisotopic (exact) mass is 387 g/mol. The van der Waals surface area contributed by atoms with Crippen molar-refractivity contribution in [3.05, 3.63) is 24.3 Å². The van der Waals surface area contributed by atoms with E-state index in [2.05, 4.69) is 10.6 Å². The number of nitrogens with two attached hydrogens (primary N) is 1. The Bertz CT molecular complexity index is 627. The topological polar surface area (TPSA) is 101 Å². The number of carbonyl (C=O) groups excluding carboxylic acids is 1. The van der Waals surface area contributed by atoms with Crippen molar-refractivity contribution in [1.82, 2.24) is 5.32 Å². The SMILES string of the molecule is CC(C)C(=O)N[C@@H](Nc1ccc(S(N)(=O)=O)cc1)C(Cl)(Cl)Cl. The van der Waals surface area contributed by atoms with Crippen molar-refractivity contribution < 1.29 is 13.2 Å². The van der Waals surface area contributed by atoms with E-state index in [0.717, 1.165) is 0 Å². The third-order valence-corrected chi connectivity index (χ3v) is 4.22. The zero-order valence-corrected chi connectivity index (χ0v) is 14.9. The first-order valence-corrected chi connectivity index (χ1v) is 8.86. The van der Waals surface area contributed by atoms with E-state index in [0.29, 0.717) is 5.69 Å². The highest BCUT2D eigenvalue weighted by molar-refractivity contribution is 7.89. The van der Waals surface area contributed by atoms with Crippen molar-refractivity contribution in [2.75, 3.05) is 5.32 Å². The average Bonchev–Trinajstić information content (AvgIpc) is 2.36. The van der Waals surface area contributed by atoms with E-state index in [1.54, 1.807) is 13.8 Å². The van der Waals surface area contributed by atoms with Crippen molar-refractivity contribution in [3.8, 4) is 0 Å². The molecule has 0 aliphatic heterocycles. The Morgan fingerprint density at radius 2 is 1.68 bits per heavy atom. The van der Waals surface area contributed by atoms with Crippen LogP contribution in [0.2, 0.25) is 0 Å². The highest BCUT2D eigenvalue weighted by Crippen LogP contribution is 2.31. The Balaban J connectivity index is 2.93. The van der Waals surface area contributed by atoms with Gasteiger partial charge in [-0.15, -0.1) is 0 Å². The highest BCUT2D eigenvalue weighted by atomic mass is 35.6. The molecule has 0 aliphatic carbocycles. The minimum absolute atomic E-state index is 0.0466. The summed E-state index contributed by atoms with van der Waals surface area (Å²) in [7, 11) is -3.78. The maximum atomic E-state index is 11.8. The van der Waals surface area contributed by atoms with Gasteiger partial charge in [-0.2, -0.15) is 0 Å². The van der Waals surface area contributed by atoms with Gasteiger partial charge in [0.05, 0.1) is 4.90 Å². The molecule has 0 saturated heterocycles. The Hall–Kier alpha value is -0.730. The molecule has 0 radical (unpaired) electrons. The zero-order chi connectivity index (χ0) is 17.1. The number of primary sulfonamides is 1. The van der Waals surface area contributed by atoms with Gasteiger partial charge in [0.1, 0.15) is 6.17 Å². The van der Waals surface area contributed by atoms with Gasteiger partial charge in [-0.05, 0) is 24.3 Å². The van der Waals surface area contributed by atoms with Gasteiger partial charge in [0, 0.05) is 11.6 Å². The van der Waals surface area contributed by atoms with E-state index >= 15 is 0 Å². The molecule has 1 atom stereocenters. The van der Waals surface area contributed by atoms with Crippen LogP contribution in [0.15, 0.2) is 29.2 Å². The van der Waals surface area contributed by atoms with Crippen molar-refractivity contribution in [1.29, 1.82) is 0 Å². The molecule has 1 rings (SSSR count). The Morgan fingerprint density at radius 1 is 1.18 bits per heavy atom. The summed E-state index contributed by atoms with van der Waals surface area (Å²) in [6, 6.07) is 5.50. The van der Waals surface area contributed by atoms with Gasteiger partial charge in [0.2, 0.25) is 19.7 Å². The Morgan fingerprint density at radius 3 is 2.05 bits per heavy atom. The fourth-order valence-corrected chi connectivity index (χ4v) is 2.26. The molecule has 22 heavy (non-hydrogen) atoms. The number of alkyl halides is 3. The summed E-state index contributed by atoms with van der Waals surface area (Å²) in [4.78, 5) is 11.7. The summed E-state index contributed by atoms with van der Waals surface area (Å²) in [6.45, 7) is 3.40. The van der Waals surface area contributed by atoms with Crippen LogP contribution in [0.3, 0.4) is 0 Å². The van der Waals surface area contributed by atoms with E-state index in [1.165, 1.54) is 24.3 Å². The third-order valence-electron chi connectivity index (χ3n) is 2.63. The van der Waals surface area contributed by atoms with Crippen LogP contribution in [-0.4, -0.2) is 24.3 Å². The van der Waals surface area contributed by atoms with Crippen LogP contribution in [0, 0.1) is 5.92 Å². The molecule has 1 aromatic rings. The van der Waals surface area contributed by atoms with Gasteiger partial charge in [-0.1, -0.05) is 48.7 Å². The summed E-state index contributed by atoms with van der Waals surface area (Å²) < 4.78 is 20.6. The van der Waals surface area contributed by atoms with Gasteiger partial charge in [-0.3, -0.25) is 4.79 Å². The minimum Gasteiger partial charge on any atom is -0.362 e. The Kier molecular flexibility index (Phi) is 6.35. The van der Waals surface area contributed by atoms with Crippen molar-refractivity contribution in [2.24, 2.45) is 11.1 Å². The van der Waals surface area contributed by atoms with Crippen LogP contribution >= 0.6 is 34.8 Å². The van der Waals surface area contributed by atoms with Gasteiger partial charge in [-0.25, -0.2) is 13.6 Å². The average molecular weight is 389 g/mol. The molecule has 1 aromatic carbocycles. The first kappa shape index (κ1) is 19.3. The molecule has 124 valence electrons. The molecule has 0 aromatic heterocycles. The van der Waals surface area contributed by atoms with E-state index < -0.39 is 20.0 Å². The van der Waals surface area contributed by atoms with Gasteiger partial charge < -0.3 is 10.6 Å². The number of halogens is 3. The number of sulfonamides is 1. The molecule has 0 bridgehead atoms. The maximum absolute atomic E-state index is 11.8. The molecule has 0 fully saturated rings. The lowest BCUT2D eigenvalue weighted by atomic mass is 10.2. The molecular formula is C12H16Cl3N3O3S. The molecule has 1 amide bonds. The lowest BCUT2D eigenvalue weighted by Gasteiger charge is -2.28. The predicted octanol–water partition coefficient (Wildman–Crippen LogP) is 2.21. The van der Waals surface area contributed by atoms with Crippen molar-refractivity contribution >= 4 is 56.4 Å². The fourth-order valence-electron chi connectivity index (χ4n) is 1.42. The number of amides is 1. The van der Waals surface area contributed by atoms with Gasteiger partial charge in [0.15, 0.2) is 0 Å². The molecule has 0 spiro atoms. The van der Waals surface area contributed by atoms with Crippen LogP contribution < -0.4 is 15.8 Å². The van der Waals surface area contributed by atoms with Gasteiger partial charge in [0.25, 0.3) is 0 Å². The Labute approximate surface area is 144 Å². The molecule has 0 aliphatic rings. The number of carbonyl (C=O) groups is 1. The normalized spacial score (nSPS) is 13.8. The number of rotatable bonds is 5. The number of hydrogen-bond donors (Lipinski definition) is 3. The van der Waals surface area contributed by atoms with Gasteiger partial charge >= 0.3 is 0 Å². The molecule has 6 nitrogen and oxygen atoms in total. The minimum atomic E-state index is -3.78. The number of nitrogens with one attached hydrogen (secondary N) is 2. The first-order chi connectivity index (χ1) is 9.91. The van der Waals surface area contributed by atoms with E-state index in [4.69, 9.17) is 39.9 Å². The van der Waals surface area contributed by atoms with E-state index in [1.807, 2.05) is 0 Å². The predicted molar refractivity (Wildman–Crippen MR) is 88.5 cm³/mol. The molecule has 0 saturated carbocycles. The molecule has 0 heterocycles. The second-order valence-corrected chi connectivity index (χ2v) is 8.78. The fraction of sp³-hybridized carbons (Fsp3) is 0.417. The lowest BCUT2D eigenvalue weighted by Crippen LogP contribution is -2.50. The zero-order valence-electron chi connectivity index (χ0n) is 11.8. The molecular weight excluding hydrogens is 373 g/mol. The second-order valence-electron chi connectivity index (χ2n) is 4.85. The van der Waals surface area contributed by atoms with Crippen molar-refractivity contribution in [2.45, 2.75) is 28.7 Å². The van der Waals surface area contributed by atoms with Crippen LogP contribution in [-0.2, 0) is 14.8 Å². The molecule has 0 unspecified atom stereocenters. The quantitative estimate of drug-likeness (QED) is 0.531. The standard InChI is InChI=1S/C12H16Cl3N3O3S/c1-7(2)10(19)18-11(12(13,14)15)17-8-3-5-9(6-4-8)22(16,20)21/h3-7,11,17H,1-2H3,(H,18,19)(H2,16,20,21)/t11-/m1/s1. The summed E-state index contributed by atoms with van der Waals surface area (Å²) in [6.07, 6.45) is -0.993. The highest BCUT2D eigenvalue weighted by Gasteiger charge is 2.34. The van der Waals surface area contributed by atoms with E-state index in [9.17, 15) is 13.2 Å². The number of anilines is 1. The van der Waals surface area contributed by atoms with Crippen molar-refractivity contribution in [3.63, 3.8) is 0 Å². The van der Waals surface area contributed by atoms with Crippen LogP contribution in [0.5, 0.6) is 0 Å². The lowest BCUT2D eigenvalue weighted by molar-refractivity contribution is -0.124.